The summed E-state index contributed by atoms with van der Waals surface area (Å²) in [5, 5.41) is 7.38. The van der Waals surface area contributed by atoms with E-state index < -0.39 is 0 Å². The Morgan fingerprint density at radius 1 is 0.958 bits per heavy atom. The molecule has 0 fully saturated rings. The molecule has 1 amide bonds. The third-order valence-corrected chi connectivity index (χ3v) is 3.97. The van der Waals surface area contributed by atoms with Crippen molar-refractivity contribution in [1.29, 1.82) is 0 Å². The summed E-state index contributed by atoms with van der Waals surface area (Å²) in [5.41, 5.74) is 1.98. The summed E-state index contributed by atoms with van der Waals surface area (Å²) in [6.07, 6.45) is 1.85. The predicted molar refractivity (Wildman–Crippen MR) is 96.2 cm³/mol. The predicted octanol–water partition coefficient (Wildman–Crippen LogP) is 4.25. The molecule has 3 rings (SSSR count). The van der Waals surface area contributed by atoms with E-state index in [0.29, 0.717) is 5.82 Å². The van der Waals surface area contributed by atoms with Crippen molar-refractivity contribution in [1.82, 2.24) is 9.78 Å². The van der Waals surface area contributed by atoms with Gasteiger partial charge >= 0.3 is 0 Å². The Balaban J connectivity index is 1.78. The second kappa shape index (κ2) is 7.13. The molecule has 0 aliphatic heterocycles. The maximum absolute atomic E-state index is 12.7. The summed E-state index contributed by atoms with van der Waals surface area (Å²) in [5.74, 6) is 0.525. The molecule has 2 aromatic carbocycles. The van der Waals surface area contributed by atoms with Gasteiger partial charge in [0.1, 0.15) is 0 Å². The summed E-state index contributed by atoms with van der Waals surface area (Å²) < 4.78 is 1.75. The highest BCUT2D eigenvalue weighted by Crippen LogP contribution is 2.25. The second-order valence-corrected chi connectivity index (χ2v) is 6.10. The Labute approximate surface area is 142 Å². The fraction of sp³-hybridized carbons (Fsp3) is 0.200. The van der Waals surface area contributed by atoms with Crippen LogP contribution in [0.25, 0.3) is 5.69 Å². The minimum atomic E-state index is -0.201. The molecule has 1 unspecified atom stereocenters. The first-order chi connectivity index (χ1) is 11.6. The Bertz CT molecular complexity index is 794. The van der Waals surface area contributed by atoms with Crippen molar-refractivity contribution in [3.8, 4) is 5.69 Å². The maximum atomic E-state index is 12.7. The minimum absolute atomic E-state index is 0.0329. The molecule has 0 aliphatic rings. The number of hydrogen-bond acceptors (Lipinski definition) is 2. The summed E-state index contributed by atoms with van der Waals surface area (Å²) >= 11 is 0. The Morgan fingerprint density at radius 3 is 2.21 bits per heavy atom. The molecular formula is C20H21N3O. The van der Waals surface area contributed by atoms with E-state index in [2.05, 4.69) is 24.3 Å². The number of nitrogens with one attached hydrogen (secondary N) is 1. The van der Waals surface area contributed by atoms with E-state index in [1.807, 2.05) is 72.9 Å². The molecule has 0 radical (unpaired) electrons. The molecular weight excluding hydrogens is 298 g/mol. The molecule has 1 N–H and O–H groups in total. The van der Waals surface area contributed by atoms with Crippen LogP contribution in [0.15, 0.2) is 72.9 Å². The highest BCUT2D eigenvalue weighted by atomic mass is 16.2. The van der Waals surface area contributed by atoms with Gasteiger partial charge in [-0.3, -0.25) is 4.79 Å². The third kappa shape index (κ3) is 3.54. The van der Waals surface area contributed by atoms with E-state index in [-0.39, 0.29) is 17.7 Å². The van der Waals surface area contributed by atoms with E-state index in [9.17, 15) is 4.79 Å². The van der Waals surface area contributed by atoms with Gasteiger partial charge in [-0.15, -0.1) is 0 Å². The van der Waals surface area contributed by atoms with Crippen LogP contribution < -0.4 is 5.32 Å². The number of benzene rings is 2. The largest absolute Gasteiger partial charge is 0.309 e. The van der Waals surface area contributed by atoms with Gasteiger partial charge in [0, 0.05) is 12.3 Å². The average molecular weight is 319 g/mol. The van der Waals surface area contributed by atoms with Crippen LogP contribution in [0.1, 0.15) is 25.3 Å². The van der Waals surface area contributed by atoms with Gasteiger partial charge in [-0.1, -0.05) is 62.4 Å². The molecule has 0 spiro atoms. The van der Waals surface area contributed by atoms with Crippen molar-refractivity contribution >= 4 is 11.7 Å². The highest BCUT2D eigenvalue weighted by Gasteiger charge is 2.24. The van der Waals surface area contributed by atoms with Crippen LogP contribution in [0.4, 0.5) is 5.82 Å². The lowest BCUT2D eigenvalue weighted by Gasteiger charge is -2.20. The average Bonchev–Trinajstić information content (AvgIpc) is 3.05. The molecule has 0 bridgehead atoms. The first-order valence-corrected chi connectivity index (χ1v) is 8.12. The molecule has 0 aliphatic carbocycles. The lowest BCUT2D eigenvalue weighted by molar-refractivity contribution is -0.118. The van der Waals surface area contributed by atoms with Crippen LogP contribution in [0.3, 0.4) is 0 Å². The smallest absolute Gasteiger partial charge is 0.233 e. The quantitative estimate of drug-likeness (QED) is 0.764. The minimum Gasteiger partial charge on any atom is -0.309 e. The molecule has 4 heteroatoms. The van der Waals surface area contributed by atoms with Crippen LogP contribution in [0, 0.1) is 5.92 Å². The maximum Gasteiger partial charge on any atom is 0.233 e. The summed E-state index contributed by atoms with van der Waals surface area (Å²) in [4.78, 5) is 12.7. The van der Waals surface area contributed by atoms with E-state index in [1.54, 1.807) is 4.68 Å². The zero-order valence-electron chi connectivity index (χ0n) is 13.9. The summed E-state index contributed by atoms with van der Waals surface area (Å²) in [7, 11) is 0. The molecule has 1 aromatic heterocycles. The first kappa shape index (κ1) is 16.0. The van der Waals surface area contributed by atoms with Crippen LogP contribution >= 0.6 is 0 Å². The third-order valence-electron chi connectivity index (χ3n) is 3.97. The normalized spacial score (nSPS) is 12.1. The first-order valence-electron chi connectivity index (χ1n) is 8.12. The molecule has 122 valence electrons. The number of aromatic nitrogens is 2. The topological polar surface area (TPSA) is 46.9 Å². The van der Waals surface area contributed by atoms with E-state index in [1.165, 1.54) is 0 Å². The number of anilines is 1. The number of hydrogen-bond donors (Lipinski definition) is 1. The number of carbonyl (C=O) groups is 1. The number of carbonyl (C=O) groups excluding carboxylic acids is 1. The molecule has 0 saturated heterocycles. The van der Waals surface area contributed by atoms with Crippen LogP contribution in [0.5, 0.6) is 0 Å². The Morgan fingerprint density at radius 2 is 1.58 bits per heavy atom. The van der Waals surface area contributed by atoms with Gasteiger partial charge in [-0.05, 0) is 23.6 Å². The van der Waals surface area contributed by atoms with Crippen LogP contribution in [-0.2, 0) is 4.79 Å². The SMILES string of the molecule is CC(C)C(C(=O)Nc1ccn(-c2ccccc2)n1)c1ccccc1. The van der Waals surface area contributed by atoms with E-state index >= 15 is 0 Å². The standard InChI is InChI=1S/C20H21N3O/c1-15(2)19(16-9-5-3-6-10-16)20(24)21-18-13-14-23(22-18)17-11-7-4-8-12-17/h3-15,19H,1-2H3,(H,21,22,24). The molecule has 24 heavy (non-hydrogen) atoms. The monoisotopic (exact) mass is 319 g/mol. The summed E-state index contributed by atoms with van der Waals surface area (Å²) in [6.45, 7) is 4.11. The number of rotatable bonds is 5. The van der Waals surface area contributed by atoms with Crippen molar-refractivity contribution in [3.63, 3.8) is 0 Å². The van der Waals surface area contributed by atoms with Crippen LogP contribution in [-0.4, -0.2) is 15.7 Å². The number of para-hydroxylation sites is 1. The zero-order valence-corrected chi connectivity index (χ0v) is 13.9. The second-order valence-electron chi connectivity index (χ2n) is 6.10. The number of nitrogens with zero attached hydrogens (tertiary/aromatic N) is 2. The van der Waals surface area contributed by atoms with Gasteiger partial charge < -0.3 is 5.32 Å². The Kier molecular flexibility index (Phi) is 4.75. The van der Waals surface area contributed by atoms with E-state index in [0.717, 1.165) is 11.3 Å². The van der Waals surface area contributed by atoms with Crippen molar-refractivity contribution in [2.24, 2.45) is 5.92 Å². The lowest BCUT2D eigenvalue weighted by Crippen LogP contribution is -2.25. The fourth-order valence-electron chi connectivity index (χ4n) is 2.82. The molecule has 4 nitrogen and oxygen atoms in total. The Hall–Kier alpha value is -2.88. The van der Waals surface area contributed by atoms with Gasteiger partial charge in [0.25, 0.3) is 0 Å². The van der Waals surface area contributed by atoms with Crippen molar-refractivity contribution < 1.29 is 4.79 Å². The van der Waals surface area contributed by atoms with Gasteiger partial charge in [-0.2, -0.15) is 5.10 Å². The summed E-state index contributed by atoms with van der Waals surface area (Å²) in [6, 6.07) is 21.5. The van der Waals surface area contributed by atoms with Gasteiger partial charge in [0.05, 0.1) is 11.6 Å². The van der Waals surface area contributed by atoms with E-state index in [4.69, 9.17) is 0 Å². The van der Waals surface area contributed by atoms with Crippen molar-refractivity contribution in [3.05, 3.63) is 78.5 Å². The fourth-order valence-corrected chi connectivity index (χ4v) is 2.82. The van der Waals surface area contributed by atoms with Gasteiger partial charge in [-0.25, -0.2) is 4.68 Å². The number of amides is 1. The molecule has 1 atom stereocenters. The van der Waals surface area contributed by atoms with Crippen LogP contribution in [0.2, 0.25) is 0 Å². The van der Waals surface area contributed by atoms with Crippen molar-refractivity contribution in [2.75, 3.05) is 5.32 Å². The molecule has 1 heterocycles. The highest BCUT2D eigenvalue weighted by molar-refractivity contribution is 5.95. The lowest BCUT2D eigenvalue weighted by atomic mass is 9.88. The van der Waals surface area contributed by atoms with Gasteiger partial charge in [0.15, 0.2) is 5.82 Å². The zero-order chi connectivity index (χ0) is 16.9. The molecule has 3 aromatic rings. The van der Waals surface area contributed by atoms with Gasteiger partial charge in [0.2, 0.25) is 5.91 Å². The molecule has 0 saturated carbocycles. The van der Waals surface area contributed by atoms with Crippen molar-refractivity contribution in [2.45, 2.75) is 19.8 Å².